The minimum atomic E-state index is 0.403. The summed E-state index contributed by atoms with van der Waals surface area (Å²) in [5.74, 6) is 1.06. The molecule has 15 heavy (non-hydrogen) atoms. The maximum atomic E-state index is 5.50. The largest absolute Gasteiger partial charge is 0.469 e. The van der Waals surface area contributed by atoms with E-state index < -0.39 is 0 Å². The molecule has 3 nitrogen and oxygen atoms in total. The molecule has 0 saturated carbocycles. The molecule has 1 saturated heterocycles. The molecular formula is C12H19NO2. The van der Waals surface area contributed by atoms with E-state index in [1.807, 2.05) is 12.1 Å². The first-order chi connectivity index (χ1) is 7.34. The van der Waals surface area contributed by atoms with Gasteiger partial charge < -0.3 is 14.5 Å². The standard InChI is InChI=1S/C12H19NO2/c1-10-9-11(5-8-14-10)13-6-4-12-3-2-7-15-12/h2-3,7,10-11,13H,4-6,8-9H2,1H3. The molecule has 1 N–H and O–H groups in total. The maximum Gasteiger partial charge on any atom is 0.105 e. The molecule has 2 heterocycles. The van der Waals surface area contributed by atoms with Crippen LogP contribution in [0.25, 0.3) is 0 Å². The van der Waals surface area contributed by atoms with Crippen LogP contribution in [0.3, 0.4) is 0 Å². The Morgan fingerprint density at radius 3 is 3.20 bits per heavy atom. The number of hydrogen-bond acceptors (Lipinski definition) is 3. The van der Waals surface area contributed by atoms with Gasteiger partial charge in [0.15, 0.2) is 0 Å². The van der Waals surface area contributed by atoms with E-state index in [4.69, 9.17) is 9.15 Å². The molecule has 1 aliphatic rings. The van der Waals surface area contributed by atoms with Gasteiger partial charge in [0.2, 0.25) is 0 Å². The molecule has 2 atom stereocenters. The van der Waals surface area contributed by atoms with E-state index >= 15 is 0 Å². The molecule has 0 aromatic carbocycles. The van der Waals surface area contributed by atoms with Crippen LogP contribution in [-0.2, 0) is 11.2 Å². The van der Waals surface area contributed by atoms with Crippen LogP contribution >= 0.6 is 0 Å². The minimum Gasteiger partial charge on any atom is -0.469 e. The lowest BCUT2D eigenvalue weighted by Crippen LogP contribution is -2.38. The van der Waals surface area contributed by atoms with Crippen molar-refractivity contribution >= 4 is 0 Å². The van der Waals surface area contributed by atoms with Crippen LogP contribution in [0.2, 0.25) is 0 Å². The van der Waals surface area contributed by atoms with Gasteiger partial charge in [-0.2, -0.15) is 0 Å². The Kier molecular flexibility index (Phi) is 3.80. The average molecular weight is 209 g/mol. The highest BCUT2D eigenvalue weighted by molar-refractivity contribution is 4.98. The Hall–Kier alpha value is -0.800. The van der Waals surface area contributed by atoms with Gasteiger partial charge in [0.1, 0.15) is 5.76 Å². The first-order valence-corrected chi connectivity index (χ1v) is 5.72. The first kappa shape index (κ1) is 10.7. The molecule has 1 aromatic rings. The van der Waals surface area contributed by atoms with Crippen molar-refractivity contribution in [2.45, 2.75) is 38.3 Å². The summed E-state index contributed by atoms with van der Waals surface area (Å²) in [6, 6.07) is 4.57. The minimum absolute atomic E-state index is 0.403. The van der Waals surface area contributed by atoms with Gasteiger partial charge in [-0.05, 0) is 31.9 Å². The molecule has 0 bridgehead atoms. The fourth-order valence-electron chi connectivity index (χ4n) is 2.04. The zero-order chi connectivity index (χ0) is 10.5. The second kappa shape index (κ2) is 5.33. The number of ether oxygens (including phenoxy) is 1. The second-order valence-electron chi connectivity index (χ2n) is 4.19. The second-order valence-corrected chi connectivity index (χ2v) is 4.19. The topological polar surface area (TPSA) is 34.4 Å². The van der Waals surface area contributed by atoms with E-state index in [9.17, 15) is 0 Å². The highest BCUT2D eigenvalue weighted by Gasteiger charge is 2.18. The smallest absolute Gasteiger partial charge is 0.105 e. The van der Waals surface area contributed by atoms with E-state index in [-0.39, 0.29) is 0 Å². The molecule has 0 aliphatic carbocycles. The number of rotatable bonds is 4. The molecule has 1 fully saturated rings. The van der Waals surface area contributed by atoms with Gasteiger partial charge in [-0.15, -0.1) is 0 Å². The Morgan fingerprint density at radius 1 is 1.53 bits per heavy atom. The highest BCUT2D eigenvalue weighted by atomic mass is 16.5. The average Bonchev–Trinajstić information content (AvgIpc) is 2.71. The molecule has 1 aliphatic heterocycles. The SMILES string of the molecule is CC1CC(NCCc2ccco2)CCO1. The molecule has 2 unspecified atom stereocenters. The summed E-state index contributed by atoms with van der Waals surface area (Å²) in [4.78, 5) is 0. The van der Waals surface area contributed by atoms with E-state index in [1.54, 1.807) is 6.26 Å². The van der Waals surface area contributed by atoms with Gasteiger partial charge in [0.25, 0.3) is 0 Å². The summed E-state index contributed by atoms with van der Waals surface area (Å²) in [6.07, 6.45) is 5.35. The molecule has 3 heteroatoms. The maximum absolute atomic E-state index is 5.50. The van der Waals surface area contributed by atoms with Crippen molar-refractivity contribution in [2.75, 3.05) is 13.2 Å². The van der Waals surface area contributed by atoms with E-state index in [0.29, 0.717) is 12.1 Å². The lowest BCUT2D eigenvalue weighted by Gasteiger charge is -2.27. The van der Waals surface area contributed by atoms with E-state index in [2.05, 4.69) is 12.2 Å². The summed E-state index contributed by atoms with van der Waals surface area (Å²) >= 11 is 0. The fraction of sp³-hybridized carbons (Fsp3) is 0.667. The van der Waals surface area contributed by atoms with E-state index in [1.165, 1.54) is 0 Å². The zero-order valence-electron chi connectivity index (χ0n) is 9.24. The highest BCUT2D eigenvalue weighted by Crippen LogP contribution is 2.13. The number of hydrogen-bond donors (Lipinski definition) is 1. The van der Waals surface area contributed by atoms with Gasteiger partial charge in [0, 0.05) is 25.6 Å². The van der Waals surface area contributed by atoms with Gasteiger partial charge >= 0.3 is 0 Å². The van der Waals surface area contributed by atoms with Gasteiger partial charge in [-0.1, -0.05) is 0 Å². The van der Waals surface area contributed by atoms with Crippen LogP contribution in [0.4, 0.5) is 0 Å². The molecule has 0 radical (unpaired) electrons. The first-order valence-electron chi connectivity index (χ1n) is 5.72. The Labute approximate surface area is 90.8 Å². The van der Waals surface area contributed by atoms with Crippen LogP contribution in [0.5, 0.6) is 0 Å². The van der Waals surface area contributed by atoms with Crippen molar-refractivity contribution < 1.29 is 9.15 Å². The van der Waals surface area contributed by atoms with Gasteiger partial charge in [-0.3, -0.25) is 0 Å². The Balaban J connectivity index is 1.65. The lowest BCUT2D eigenvalue weighted by molar-refractivity contribution is 0.0134. The predicted octanol–water partition coefficient (Wildman–Crippen LogP) is 1.98. The predicted molar refractivity (Wildman–Crippen MR) is 58.9 cm³/mol. The van der Waals surface area contributed by atoms with E-state index in [0.717, 1.165) is 38.2 Å². The quantitative estimate of drug-likeness (QED) is 0.823. The van der Waals surface area contributed by atoms with Crippen LogP contribution in [0.1, 0.15) is 25.5 Å². The summed E-state index contributed by atoms with van der Waals surface area (Å²) in [5.41, 5.74) is 0. The van der Waals surface area contributed by atoms with Crippen molar-refractivity contribution in [3.05, 3.63) is 24.2 Å². The van der Waals surface area contributed by atoms with Crippen LogP contribution in [-0.4, -0.2) is 25.3 Å². The molecule has 0 amide bonds. The van der Waals surface area contributed by atoms with Crippen molar-refractivity contribution in [1.82, 2.24) is 5.32 Å². The monoisotopic (exact) mass is 209 g/mol. The van der Waals surface area contributed by atoms with Crippen LogP contribution in [0.15, 0.2) is 22.8 Å². The molecular weight excluding hydrogens is 190 g/mol. The third kappa shape index (κ3) is 3.36. The van der Waals surface area contributed by atoms with Crippen molar-refractivity contribution in [1.29, 1.82) is 0 Å². The van der Waals surface area contributed by atoms with Gasteiger partial charge in [0.05, 0.1) is 12.4 Å². The third-order valence-corrected chi connectivity index (χ3v) is 2.87. The fourth-order valence-corrected chi connectivity index (χ4v) is 2.04. The molecule has 2 rings (SSSR count). The van der Waals surface area contributed by atoms with Crippen molar-refractivity contribution in [2.24, 2.45) is 0 Å². The number of furan rings is 1. The normalized spacial score (nSPS) is 26.7. The zero-order valence-corrected chi connectivity index (χ0v) is 9.24. The van der Waals surface area contributed by atoms with Gasteiger partial charge in [-0.25, -0.2) is 0 Å². The van der Waals surface area contributed by atoms with Crippen molar-refractivity contribution in [3.8, 4) is 0 Å². The summed E-state index contributed by atoms with van der Waals surface area (Å²) < 4.78 is 10.8. The third-order valence-electron chi connectivity index (χ3n) is 2.87. The van der Waals surface area contributed by atoms with Crippen LogP contribution in [0, 0.1) is 0 Å². The molecule has 0 spiro atoms. The summed E-state index contributed by atoms with van der Waals surface area (Å²) in [7, 11) is 0. The van der Waals surface area contributed by atoms with Crippen LogP contribution < -0.4 is 5.32 Å². The molecule has 84 valence electrons. The molecule has 1 aromatic heterocycles. The van der Waals surface area contributed by atoms with Crippen molar-refractivity contribution in [3.63, 3.8) is 0 Å². The summed E-state index contributed by atoms with van der Waals surface area (Å²) in [6.45, 7) is 4.02. The summed E-state index contributed by atoms with van der Waals surface area (Å²) in [5, 5.41) is 3.55. The Morgan fingerprint density at radius 2 is 2.47 bits per heavy atom. The lowest BCUT2D eigenvalue weighted by atomic mass is 10.0. The Bertz CT molecular complexity index is 271. The number of nitrogens with one attached hydrogen (secondary N) is 1.